The first-order valence-corrected chi connectivity index (χ1v) is 17.3. The highest BCUT2D eigenvalue weighted by Gasteiger charge is 2.40. The molecular weight excluding hydrogens is 665 g/mol. The average Bonchev–Trinajstić information content (AvgIpc) is 3.45. The van der Waals surface area contributed by atoms with Crippen molar-refractivity contribution in [3.05, 3.63) is 53.6 Å². The molecule has 15 heteroatoms. The van der Waals surface area contributed by atoms with Gasteiger partial charge < -0.3 is 24.3 Å². The number of aromatic nitrogens is 5. The van der Waals surface area contributed by atoms with Gasteiger partial charge in [-0.3, -0.25) is 20.1 Å². The van der Waals surface area contributed by atoms with E-state index in [0.717, 1.165) is 38.2 Å². The molecule has 7 rings (SSSR count). The van der Waals surface area contributed by atoms with E-state index in [1.807, 2.05) is 11.9 Å². The summed E-state index contributed by atoms with van der Waals surface area (Å²) in [7, 11) is 4.97. The first-order valence-electron chi connectivity index (χ1n) is 17.3. The molecular formula is C36H41F3N8O4. The Labute approximate surface area is 293 Å². The van der Waals surface area contributed by atoms with E-state index in [1.54, 1.807) is 25.3 Å². The second-order valence-corrected chi connectivity index (χ2v) is 14.0. The van der Waals surface area contributed by atoms with Gasteiger partial charge in [-0.1, -0.05) is 12.8 Å². The summed E-state index contributed by atoms with van der Waals surface area (Å²) in [5.41, 5.74) is 1.90. The van der Waals surface area contributed by atoms with Gasteiger partial charge in [0, 0.05) is 62.2 Å². The van der Waals surface area contributed by atoms with Crippen molar-refractivity contribution < 1.29 is 32.2 Å². The number of carbonyl (C=O) groups is 2. The lowest BCUT2D eigenvalue weighted by atomic mass is 9.86. The molecule has 4 aromatic heterocycles. The predicted molar refractivity (Wildman–Crippen MR) is 185 cm³/mol. The Bertz CT molecular complexity index is 1940. The van der Waals surface area contributed by atoms with Crippen molar-refractivity contribution >= 4 is 40.4 Å². The minimum atomic E-state index is -4.57. The number of fused-ring (bicyclic) bond motifs is 1. The van der Waals surface area contributed by atoms with E-state index < -0.39 is 23.7 Å². The lowest BCUT2D eigenvalue weighted by Gasteiger charge is -2.34. The molecule has 2 aliphatic carbocycles. The number of anilines is 3. The van der Waals surface area contributed by atoms with Gasteiger partial charge in [0.05, 0.1) is 36.4 Å². The SMILES string of the molecule is COCC1(CN(C)c2cc(-c3cnc(C4CC4)c(C(F)(F)F)c3)nc3nc(NC(=O)c4cc(N5CCCC5C(=O)OC)ccn4)[nH]c23)CCCC1. The molecule has 0 aromatic carbocycles. The molecule has 0 spiro atoms. The molecule has 1 unspecified atom stereocenters. The topological polar surface area (TPSA) is 138 Å². The maximum absolute atomic E-state index is 14.2. The quantitative estimate of drug-likeness (QED) is 0.170. The maximum atomic E-state index is 14.2. The number of hydrogen-bond donors (Lipinski definition) is 2. The molecule has 1 amide bonds. The van der Waals surface area contributed by atoms with Crippen LogP contribution in [0.25, 0.3) is 22.4 Å². The predicted octanol–water partition coefficient (Wildman–Crippen LogP) is 6.35. The highest BCUT2D eigenvalue weighted by Crippen LogP contribution is 2.46. The Hall–Kier alpha value is -4.79. The highest BCUT2D eigenvalue weighted by atomic mass is 19.4. The summed E-state index contributed by atoms with van der Waals surface area (Å²) in [5, 5.41) is 2.77. The fraction of sp³-hybridized carbons (Fsp3) is 0.500. The monoisotopic (exact) mass is 706 g/mol. The first-order chi connectivity index (χ1) is 24.5. The van der Waals surface area contributed by atoms with Crippen LogP contribution < -0.4 is 15.1 Å². The van der Waals surface area contributed by atoms with Gasteiger partial charge in [-0.25, -0.2) is 9.78 Å². The summed E-state index contributed by atoms with van der Waals surface area (Å²) >= 11 is 0. The molecule has 3 fully saturated rings. The lowest BCUT2D eigenvalue weighted by molar-refractivity contribution is -0.142. The number of carbonyl (C=O) groups excluding carboxylic acids is 2. The maximum Gasteiger partial charge on any atom is 0.418 e. The van der Waals surface area contributed by atoms with Crippen molar-refractivity contribution in [2.24, 2.45) is 5.41 Å². The first kappa shape index (κ1) is 34.6. The zero-order valence-corrected chi connectivity index (χ0v) is 28.8. The van der Waals surface area contributed by atoms with Crippen LogP contribution >= 0.6 is 0 Å². The van der Waals surface area contributed by atoms with E-state index in [4.69, 9.17) is 9.47 Å². The smallest absolute Gasteiger partial charge is 0.418 e. The number of halogens is 3. The van der Waals surface area contributed by atoms with Gasteiger partial charge in [-0.15, -0.1) is 0 Å². The third-order valence-corrected chi connectivity index (χ3v) is 10.3. The second-order valence-electron chi connectivity index (χ2n) is 14.0. The Morgan fingerprint density at radius 3 is 2.57 bits per heavy atom. The number of imidazole rings is 1. The molecule has 270 valence electrons. The second kappa shape index (κ2) is 13.7. The van der Waals surface area contributed by atoms with Gasteiger partial charge in [0.15, 0.2) is 5.65 Å². The summed E-state index contributed by atoms with van der Waals surface area (Å²) in [6.45, 7) is 1.84. The molecule has 1 aliphatic heterocycles. The van der Waals surface area contributed by atoms with Crippen molar-refractivity contribution in [2.75, 3.05) is 56.1 Å². The fourth-order valence-corrected chi connectivity index (χ4v) is 7.72. The molecule has 1 saturated heterocycles. The molecule has 0 bridgehead atoms. The Morgan fingerprint density at radius 1 is 1.08 bits per heavy atom. The Kier molecular flexibility index (Phi) is 9.33. The zero-order chi connectivity index (χ0) is 35.9. The largest absolute Gasteiger partial charge is 0.467 e. The van der Waals surface area contributed by atoms with Gasteiger partial charge >= 0.3 is 12.1 Å². The summed E-state index contributed by atoms with van der Waals surface area (Å²) in [5.74, 6) is -0.968. The summed E-state index contributed by atoms with van der Waals surface area (Å²) in [4.78, 5) is 50.8. The number of ether oxygens (including phenoxy) is 2. The number of nitrogens with zero attached hydrogens (tertiary/aromatic N) is 6. The number of alkyl halides is 3. The number of hydrogen-bond acceptors (Lipinski definition) is 10. The normalized spacial score (nSPS) is 18.7. The van der Waals surface area contributed by atoms with E-state index in [9.17, 15) is 22.8 Å². The van der Waals surface area contributed by atoms with Crippen LogP contribution in [0.1, 0.15) is 79.0 Å². The van der Waals surface area contributed by atoms with E-state index in [-0.39, 0.29) is 51.5 Å². The number of methoxy groups -OCH3 is 2. The van der Waals surface area contributed by atoms with Crippen molar-refractivity contribution in [3.63, 3.8) is 0 Å². The third kappa shape index (κ3) is 7.08. The summed E-state index contributed by atoms with van der Waals surface area (Å²) < 4.78 is 53.2. The lowest BCUT2D eigenvalue weighted by Crippen LogP contribution is -2.37. The Morgan fingerprint density at radius 2 is 1.86 bits per heavy atom. The van der Waals surface area contributed by atoms with Crippen LogP contribution in [0.15, 0.2) is 36.7 Å². The van der Waals surface area contributed by atoms with Gasteiger partial charge in [-0.2, -0.15) is 18.2 Å². The zero-order valence-electron chi connectivity index (χ0n) is 28.8. The number of H-pyrrole nitrogens is 1. The molecule has 3 aliphatic rings. The minimum absolute atomic E-state index is 0.0698. The van der Waals surface area contributed by atoms with Gasteiger partial charge in [0.25, 0.3) is 5.91 Å². The van der Waals surface area contributed by atoms with E-state index in [2.05, 4.69) is 35.1 Å². The van der Waals surface area contributed by atoms with E-state index >= 15 is 0 Å². The Balaban J connectivity index is 1.23. The molecule has 51 heavy (non-hydrogen) atoms. The minimum Gasteiger partial charge on any atom is -0.467 e. The molecule has 4 aromatic rings. The van der Waals surface area contributed by atoms with Crippen molar-refractivity contribution in [1.29, 1.82) is 0 Å². The summed E-state index contributed by atoms with van der Waals surface area (Å²) in [6.07, 6.45) is 5.36. The van der Waals surface area contributed by atoms with E-state index in [1.165, 1.54) is 19.5 Å². The van der Waals surface area contributed by atoms with Gasteiger partial charge in [0.2, 0.25) is 5.95 Å². The number of aromatic amines is 1. The van der Waals surface area contributed by atoms with Crippen molar-refractivity contribution in [2.45, 2.75) is 69.5 Å². The number of amides is 1. The van der Waals surface area contributed by atoms with Crippen LogP contribution in [0.4, 0.5) is 30.5 Å². The molecule has 12 nitrogen and oxygen atoms in total. The van der Waals surface area contributed by atoms with Crippen LogP contribution in [0.3, 0.4) is 0 Å². The molecule has 0 radical (unpaired) electrons. The standard InChI is InChI=1S/C36H41F3N8O4/c1-46(19-35(20-50-2)11-4-5-12-35)28-17-25(22-15-24(36(37,38)39)29(41-18-22)21-8-9-21)42-31-30(28)43-34(44-31)45-32(48)26-16-23(10-13-40-26)47-14-6-7-27(47)33(49)51-3/h10,13,15-18,21,27H,4-9,11-12,14,19-20H2,1-3H3,(H2,42,43,44,45,48). The molecule has 1 atom stereocenters. The number of esters is 1. The van der Waals surface area contributed by atoms with Gasteiger partial charge in [-0.05, 0) is 62.8 Å². The number of pyridine rings is 3. The summed E-state index contributed by atoms with van der Waals surface area (Å²) in [6, 6.07) is 5.78. The van der Waals surface area contributed by atoms with Crippen LogP contribution in [-0.2, 0) is 20.4 Å². The van der Waals surface area contributed by atoms with Crippen molar-refractivity contribution in [1.82, 2.24) is 24.9 Å². The van der Waals surface area contributed by atoms with Crippen LogP contribution in [0, 0.1) is 5.41 Å². The third-order valence-electron chi connectivity index (χ3n) is 10.3. The van der Waals surface area contributed by atoms with Gasteiger partial charge in [0.1, 0.15) is 17.3 Å². The van der Waals surface area contributed by atoms with Crippen LogP contribution in [0.2, 0.25) is 0 Å². The molecule has 2 N–H and O–H groups in total. The number of nitrogens with one attached hydrogen (secondary N) is 2. The fourth-order valence-electron chi connectivity index (χ4n) is 7.72. The number of rotatable bonds is 11. The highest BCUT2D eigenvalue weighted by molar-refractivity contribution is 6.03. The average molecular weight is 707 g/mol. The van der Waals surface area contributed by atoms with Crippen LogP contribution in [0.5, 0.6) is 0 Å². The molecule has 2 saturated carbocycles. The van der Waals surface area contributed by atoms with Crippen molar-refractivity contribution in [3.8, 4) is 11.3 Å². The van der Waals surface area contributed by atoms with Crippen LogP contribution in [-0.4, -0.2) is 83.8 Å². The molecule has 5 heterocycles. The van der Waals surface area contributed by atoms with E-state index in [0.29, 0.717) is 55.9 Å².